The van der Waals surface area contributed by atoms with E-state index in [1.54, 1.807) is 8.61 Å². The molecule has 5 nitrogen and oxygen atoms in total. The molecule has 1 unspecified atom stereocenters. The maximum Gasteiger partial charge on any atom is 0.282 e. The van der Waals surface area contributed by atoms with E-state index in [9.17, 15) is 8.42 Å². The number of hydrogen-bond acceptors (Lipinski definition) is 3. The van der Waals surface area contributed by atoms with Crippen LogP contribution < -0.4 is 5.32 Å². The first-order valence-corrected chi connectivity index (χ1v) is 7.41. The van der Waals surface area contributed by atoms with E-state index in [0.717, 1.165) is 19.5 Å². The standard InChI is InChI=1S/C10H23N3O2S/c1-4-10(3)13(5-2)16(14,15)12-8-6-11-7-9-12/h10-11H,4-9H2,1-3H3. The van der Waals surface area contributed by atoms with E-state index in [1.807, 2.05) is 20.8 Å². The molecule has 0 bridgehead atoms. The van der Waals surface area contributed by atoms with Crippen molar-refractivity contribution in [2.75, 3.05) is 32.7 Å². The third kappa shape index (κ3) is 2.94. The molecule has 1 N–H and O–H groups in total. The lowest BCUT2D eigenvalue weighted by Gasteiger charge is -2.34. The van der Waals surface area contributed by atoms with Crippen molar-refractivity contribution in [1.82, 2.24) is 13.9 Å². The average Bonchev–Trinajstić information content (AvgIpc) is 2.30. The second-order valence-electron chi connectivity index (χ2n) is 4.12. The van der Waals surface area contributed by atoms with Gasteiger partial charge in [0.1, 0.15) is 0 Å². The zero-order valence-corrected chi connectivity index (χ0v) is 11.3. The normalized spacial score (nSPS) is 21.2. The lowest BCUT2D eigenvalue weighted by Crippen LogP contribution is -2.53. The Kier molecular flexibility index (Phi) is 5.17. The summed E-state index contributed by atoms with van der Waals surface area (Å²) >= 11 is 0. The zero-order valence-electron chi connectivity index (χ0n) is 10.4. The molecular weight excluding hydrogens is 226 g/mol. The predicted octanol–water partition coefficient (Wildman–Crippen LogP) is 0.257. The van der Waals surface area contributed by atoms with Crippen molar-refractivity contribution in [2.24, 2.45) is 0 Å². The predicted molar refractivity (Wildman–Crippen MR) is 65.5 cm³/mol. The Labute approximate surface area is 99.0 Å². The largest absolute Gasteiger partial charge is 0.314 e. The van der Waals surface area contributed by atoms with Crippen LogP contribution in [0, 0.1) is 0 Å². The molecule has 0 aromatic heterocycles. The monoisotopic (exact) mass is 249 g/mol. The molecule has 1 fully saturated rings. The second-order valence-corrected chi connectivity index (χ2v) is 6.00. The first-order chi connectivity index (χ1) is 7.54. The summed E-state index contributed by atoms with van der Waals surface area (Å²) in [5.41, 5.74) is 0. The van der Waals surface area contributed by atoms with Crippen LogP contribution in [0.3, 0.4) is 0 Å². The van der Waals surface area contributed by atoms with Gasteiger partial charge in [-0.05, 0) is 13.3 Å². The summed E-state index contributed by atoms with van der Waals surface area (Å²) < 4.78 is 27.9. The summed E-state index contributed by atoms with van der Waals surface area (Å²) in [4.78, 5) is 0. The minimum absolute atomic E-state index is 0.0740. The highest BCUT2D eigenvalue weighted by atomic mass is 32.2. The minimum atomic E-state index is -3.26. The summed E-state index contributed by atoms with van der Waals surface area (Å²) in [6.45, 7) is 9.07. The fourth-order valence-electron chi connectivity index (χ4n) is 1.93. The van der Waals surface area contributed by atoms with Crippen molar-refractivity contribution in [3.8, 4) is 0 Å². The van der Waals surface area contributed by atoms with Crippen LogP contribution in [-0.4, -0.2) is 55.8 Å². The van der Waals surface area contributed by atoms with E-state index in [4.69, 9.17) is 0 Å². The van der Waals surface area contributed by atoms with Crippen molar-refractivity contribution in [3.05, 3.63) is 0 Å². The molecule has 0 saturated carbocycles. The quantitative estimate of drug-likeness (QED) is 0.760. The lowest BCUT2D eigenvalue weighted by molar-refractivity contribution is 0.282. The molecule has 0 radical (unpaired) electrons. The number of nitrogens with zero attached hydrogens (tertiary/aromatic N) is 2. The fourth-order valence-corrected chi connectivity index (χ4v) is 3.80. The molecule has 0 amide bonds. The fraction of sp³-hybridized carbons (Fsp3) is 1.00. The number of nitrogens with one attached hydrogen (secondary N) is 1. The molecular formula is C10H23N3O2S. The second kappa shape index (κ2) is 5.95. The molecule has 0 aliphatic carbocycles. The van der Waals surface area contributed by atoms with Crippen LogP contribution in [0.1, 0.15) is 27.2 Å². The van der Waals surface area contributed by atoms with Gasteiger partial charge in [-0.1, -0.05) is 13.8 Å². The SMILES string of the molecule is CCC(C)N(CC)S(=O)(=O)N1CCNCC1. The maximum absolute atomic E-state index is 12.3. The summed E-state index contributed by atoms with van der Waals surface area (Å²) in [6, 6.07) is 0.0740. The van der Waals surface area contributed by atoms with Crippen molar-refractivity contribution < 1.29 is 8.42 Å². The number of rotatable bonds is 5. The molecule has 6 heteroatoms. The van der Waals surface area contributed by atoms with Gasteiger partial charge in [-0.3, -0.25) is 0 Å². The molecule has 0 spiro atoms. The highest BCUT2D eigenvalue weighted by Crippen LogP contribution is 2.14. The van der Waals surface area contributed by atoms with Crippen LogP contribution in [0.4, 0.5) is 0 Å². The third-order valence-electron chi connectivity index (χ3n) is 3.09. The Morgan fingerprint density at radius 2 is 1.88 bits per heavy atom. The van der Waals surface area contributed by atoms with Crippen LogP contribution in [0.25, 0.3) is 0 Å². The Morgan fingerprint density at radius 3 is 2.31 bits per heavy atom. The topological polar surface area (TPSA) is 52.7 Å². The lowest BCUT2D eigenvalue weighted by atomic mass is 10.3. The highest BCUT2D eigenvalue weighted by Gasteiger charge is 2.31. The minimum Gasteiger partial charge on any atom is -0.314 e. The van der Waals surface area contributed by atoms with E-state index >= 15 is 0 Å². The van der Waals surface area contributed by atoms with Crippen LogP contribution in [0.15, 0.2) is 0 Å². The van der Waals surface area contributed by atoms with E-state index in [2.05, 4.69) is 5.32 Å². The molecule has 0 aromatic rings. The molecule has 1 heterocycles. The average molecular weight is 249 g/mol. The van der Waals surface area contributed by atoms with Gasteiger partial charge in [-0.25, -0.2) is 0 Å². The van der Waals surface area contributed by atoms with Gasteiger partial charge in [0.05, 0.1) is 0 Å². The zero-order chi connectivity index (χ0) is 12.2. The number of hydrogen-bond donors (Lipinski definition) is 1. The highest BCUT2D eigenvalue weighted by molar-refractivity contribution is 7.86. The van der Waals surface area contributed by atoms with Gasteiger partial charge in [0.25, 0.3) is 10.2 Å². The van der Waals surface area contributed by atoms with Gasteiger partial charge in [0.15, 0.2) is 0 Å². The maximum atomic E-state index is 12.3. The molecule has 1 atom stereocenters. The first kappa shape index (κ1) is 13.9. The molecule has 1 saturated heterocycles. The summed E-state index contributed by atoms with van der Waals surface area (Å²) in [6.07, 6.45) is 0.846. The molecule has 16 heavy (non-hydrogen) atoms. The third-order valence-corrected chi connectivity index (χ3v) is 5.32. The summed E-state index contributed by atoms with van der Waals surface area (Å²) in [5.74, 6) is 0. The molecule has 1 rings (SSSR count). The van der Waals surface area contributed by atoms with E-state index < -0.39 is 10.2 Å². The van der Waals surface area contributed by atoms with Crippen molar-refractivity contribution >= 4 is 10.2 Å². The van der Waals surface area contributed by atoms with Crippen LogP contribution in [-0.2, 0) is 10.2 Å². The Morgan fingerprint density at radius 1 is 1.31 bits per heavy atom. The van der Waals surface area contributed by atoms with Crippen molar-refractivity contribution in [3.63, 3.8) is 0 Å². The first-order valence-electron chi connectivity index (χ1n) is 6.01. The van der Waals surface area contributed by atoms with Gasteiger partial charge in [-0.2, -0.15) is 17.0 Å². The van der Waals surface area contributed by atoms with Crippen molar-refractivity contribution in [1.29, 1.82) is 0 Å². The van der Waals surface area contributed by atoms with Gasteiger partial charge in [0, 0.05) is 38.8 Å². The van der Waals surface area contributed by atoms with Crippen LogP contribution in [0.2, 0.25) is 0 Å². The van der Waals surface area contributed by atoms with Crippen LogP contribution in [0.5, 0.6) is 0 Å². The Hall–Kier alpha value is -0.170. The number of piperazine rings is 1. The Balaban J connectivity index is 2.80. The van der Waals surface area contributed by atoms with E-state index in [1.165, 1.54) is 0 Å². The molecule has 1 aliphatic heterocycles. The molecule has 1 aliphatic rings. The van der Waals surface area contributed by atoms with Gasteiger partial charge < -0.3 is 5.32 Å². The summed E-state index contributed by atoms with van der Waals surface area (Å²) in [5, 5.41) is 3.16. The summed E-state index contributed by atoms with van der Waals surface area (Å²) in [7, 11) is -3.26. The molecule has 0 aromatic carbocycles. The van der Waals surface area contributed by atoms with E-state index in [0.29, 0.717) is 19.6 Å². The Bertz CT molecular complexity index is 299. The van der Waals surface area contributed by atoms with Crippen molar-refractivity contribution in [2.45, 2.75) is 33.2 Å². The van der Waals surface area contributed by atoms with Crippen LogP contribution >= 0.6 is 0 Å². The van der Waals surface area contributed by atoms with E-state index in [-0.39, 0.29) is 6.04 Å². The molecule has 96 valence electrons. The van der Waals surface area contributed by atoms with Gasteiger partial charge in [-0.15, -0.1) is 0 Å². The van der Waals surface area contributed by atoms with Gasteiger partial charge in [0.2, 0.25) is 0 Å². The van der Waals surface area contributed by atoms with Gasteiger partial charge >= 0.3 is 0 Å². The smallest absolute Gasteiger partial charge is 0.282 e.